The minimum atomic E-state index is -0.997. The van der Waals surface area contributed by atoms with Crippen molar-refractivity contribution in [3.63, 3.8) is 0 Å². The number of carbonyl (C=O) groups excluding carboxylic acids is 2. The van der Waals surface area contributed by atoms with Crippen molar-refractivity contribution in [3.05, 3.63) is 0 Å². The molecular formula is C11H17NO4. The van der Waals surface area contributed by atoms with Crippen molar-refractivity contribution in [2.45, 2.75) is 38.3 Å². The van der Waals surface area contributed by atoms with Crippen molar-refractivity contribution in [1.82, 2.24) is 4.90 Å². The number of carbonyl (C=O) groups is 2. The lowest BCUT2D eigenvalue weighted by molar-refractivity contribution is -0.154. The standard InChI is InChI=1S/C11H17NO4/c1-2-16-11(15)8-9(13)7-5-3-4-6-12(7)10(8)14/h7-9,13H,2-6H2,1H3/t7-,8+,9+/m1/s1. The third-order valence-electron chi connectivity index (χ3n) is 3.37. The van der Waals surface area contributed by atoms with Crippen LogP contribution in [-0.2, 0) is 14.3 Å². The Balaban J connectivity index is 2.15. The third kappa shape index (κ3) is 1.69. The van der Waals surface area contributed by atoms with E-state index < -0.39 is 18.0 Å². The van der Waals surface area contributed by atoms with E-state index in [4.69, 9.17) is 4.74 Å². The molecule has 1 N–H and O–H groups in total. The maximum absolute atomic E-state index is 11.9. The summed E-state index contributed by atoms with van der Waals surface area (Å²) >= 11 is 0. The molecule has 0 unspecified atom stereocenters. The highest BCUT2D eigenvalue weighted by Crippen LogP contribution is 2.32. The molecule has 0 spiro atoms. The van der Waals surface area contributed by atoms with Crippen molar-refractivity contribution in [1.29, 1.82) is 0 Å². The highest BCUT2D eigenvalue weighted by molar-refractivity contribution is 6.00. The highest BCUT2D eigenvalue weighted by atomic mass is 16.5. The normalized spacial score (nSPS) is 33.8. The van der Waals surface area contributed by atoms with Gasteiger partial charge in [-0.1, -0.05) is 0 Å². The molecule has 2 aliphatic rings. The number of hydrogen-bond acceptors (Lipinski definition) is 4. The molecule has 0 aromatic rings. The first kappa shape index (κ1) is 11.4. The topological polar surface area (TPSA) is 66.8 Å². The largest absolute Gasteiger partial charge is 0.465 e. The molecule has 5 nitrogen and oxygen atoms in total. The van der Waals surface area contributed by atoms with Gasteiger partial charge in [-0.05, 0) is 26.2 Å². The number of aliphatic hydroxyl groups is 1. The minimum absolute atomic E-state index is 0.185. The van der Waals surface area contributed by atoms with Crippen LogP contribution in [0.5, 0.6) is 0 Å². The van der Waals surface area contributed by atoms with E-state index in [0.29, 0.717) is 6.54 Å². The van der Waals surface area contributed by atoms with Gasteiger partial charge in [-0.25, -0.2) is 0 Å². The second-order valence-corrected chi connectivity index (χ2v) is 4.32. The summed E-state index contributed by atoms with van der Waals surface area (Å²) in [5, 5.41) is 9.99. The summed E-state index contributed by atoms with van der Waals surface area (Å²) in [4.78, 5) is 25.1. The van der Waals surface area contributed by atoms with Gasteiger partial charge in [0.25, 0.3) is 0 Å². The number of hydrogen-bond donors (Lipinski definition) is 1. The Morgan fingerprint density at radius 3 is 2.94 bits per heavy atom. The molecule has 0 aromatic carbocycles. The minimum Gasteiger partial charge on any atom is -0.465 e. The predicted molar refractivity (Wildman–Crippen MR) is 55.5 cm³/mol. The van der Waals surface area contributed by atoms with Crippen LogP contribution in [0.25, 0.3) is 0 Å². The smallest absolute Gasteiger partial charge is 0.321 e. The molecule has 1 amide bonds. The van der Waals surface area contributed by atoms with Crippen molar-refractivity contribution < 1.29 is 19.4 Å². The van der Waals surface area contributed by atoms with E-state index in [0.717, 1.165) is 19.3 Å². The Morgan fingerprint density at radius 2 is 2.31 bits per heavy atom. The molecule has 0 bridgehead atoms. The summed E-state index contributed by atoms with van der Waals surface area (Å²) in [7, 11) is 0. The molecule has 2 fully saturated rings. The van der Waals surface area contributed by atoms with Crippen LogP contribution in [0.2, 0.25) is 0 Å². The van der Waals surface area contributed by atoms with Crippen LogP contribution < -0.4 is 0 Å². The van der Waals surface area contributed by atoms with Crippen LogP contribution in [0.3, 0.4) is 0 Å². The fourth-order valence-electron chi connectivity index (χ4n) is 2.61. The molecule has 2 rings (SSSR count). The van der Waals surface area contributed by atoms with Crippen LogP contribution in [0, 0.1) is 5.92 Å². The van der Waals surface area contributed by atoms with Gasteiger partial charge in [0, 0.05) is 6.54 Å². The summed E-state index contributed by atoms with van der Waals surface area (Å²) in [5.41, 5.74) is 0. The quantitative estimate of drug-likeness (QED) is 0.529. The number of nitrogens with zero attached hydrogens (tertiary/aromatic N) is 1. The zero-order chi connectivity index (χ0) is 11.7. The fourth-order valence-corrected chi connectivity index (χ4v) is 2.61. The first-order chi connectivity index (χ1) is 7.66. The van der Waals surface area contributed by atoms with Gasteiger partial charge in [-0.3, -0.25) is 9.59 Å². The molecular weight excluding hydrogens is 210 g/mol. The van der Waals surface area contributed by atoms with E-state index in [-0.39, 0.29) is 18.6 Å². The number of ether oxygens (including phenoxy) is 1. The number of aliphatic hydroxyl groups excluding tert-OH is 1. The Labute approximate surface area is 94.4 Å². The molecule has 0 saturated carbocycles. The molecule has 0 aliphatic carbocycles. The average molecular weight is 227 g/mol. The first-order valence-electron chi connectivity index (χ1n) is 5.82. The maximum atomic E-state index is 11.9. The van der Waals surface area contributed by atoms with Gasteiger partial charge in [-0.15, -0.1) is 0 Å². The van der Waals surface area contributed by atoms with E-state index in [9.17, 15) is 14.7 Å². The monoisotopic (exact) mass is 227 g/mol. The second kappa shape index (κ2) is 4.41. The first-order valence-corrected chi connectivity index (χ1v) is 5.82. The van der Waals surface area contributed by atoms with Crippen molar-refractivity contribution in [2.24, 2.45) is 5.92 Å². The van der Waals surface area contributed by atoms with Gasteiger partial charge in [0.15, 0.2) is 5.92 Å². The summed E-state index contributed by atoms with van der Waals surface area (Å²) in [6.45, 7) is 2.58. The van der Waals surface area contributed by atoms with E-state index in [1.165, 1.54) is 0 Å². The van der Waals surface area contributed by atoms with Crippen LogP contribution in [-0.4, -0.2) is 47.2 Å². The number of esters is 1. The Bertz CT molecular complexity index is 304. The molecule has 16 heavy (non-hydrogen) atoms. The van der Waals surface area contributed by atoms with Gasteiger partial charge < -0.3 is 14.7 Å². The zero-order valence-electron chi connectivity index (χ0n) is 9.39. The lowest BCUT2D eigenvalue weighted by Gasteiger charge is -2.30. The van der Waals surface area contributed by atoms with E-state index in [2.05, 4.69) is 0 Å². The SMILES string of the molecule is CCOC(=O)[C@@H]1C(=O)N2CCCC[C@@H]2[C@@H]1O. The van der Waals surface area contributed by atoms with Gasteiger partial charge in [0.05, 0.1) is 18.8 Å². The van der Waals surface area contributed by atoms with Gasteiger partial charge in [-0.2, -0.15) is 0 Å². The average Bonchev–Trinajstić information content (AvgIpc) is 2.53. The van der Waals surface area contributed by atoms with E-state index >= 15 is 0 Å². The molecule has 2 heterocycles. The van der Waals surface area contributed by atoms with Crippen molar-refractivity contribution >= 4 is 11.9 Å². The summed E-state index contributed by atoms with van der Waals surface area (Å²) in [6, 6.07) is -0.185. The van der Waals surface area contributed by atoms with E-state index in [1.54, 1.807) is 11.8 Å². The molecule has 2 aliphatic heterocycles. The molecule has 0 radical (unpaired) electrons. The van der Waals surface area contributed by atoms with Crippen LogP contribution >= 0.6 is 0 Å². The summed E-state index contributed by atoms with van der Waals surface area (Å²) < 4.78 is 4.83. The van der Waals surface area contributed by atoms with Crippen LogP contribution in [0.15, 0.2) is 0 Å². The Hall–Kier alpha value is -1.10. The van der Waals surface area contributed by atoms with Crippen molar-refractivity contribution in [3.8, 4) is 0 Å². The number of piperidine rings is 1. The summed E-state index contributed by atoms with van der Waals surface area (Å²) in [5.74, 6) is -1.85. The summed E-state index contributed by atoms with van der Waals surface area (Å²) in [6.07, 6.45) is 1.83. The molecule has 2 saturated heterocycles. The van der Waals surface area contributed by atoms with Crippen molar-refractivity contribution in [2.75, 3.05) is 13.2 Å². The molecule has 5 heteroatoms. The van der Waals surface area contributed by atoms with Gasteiger partial charge >= 0.3 is 5.97 Å². The third-order valence-corrected chi connectivity index (χ3v) is 3.37. The fraction of sp³-hybridized carbons (Fsp3) is 0.818. The lowest BCUT2D eigenvalue weighted by atomic mass is 9.96. The molecule has 0 aromatic heterocycles. The van der Waals surface area contributed by atoms with Gasteiger partial charge in [0.1, 0.15) is 0 Å². The van der Waals surface area contributed by atoms with Crippen LogP contribution in [0.4, 0.5) is 0 Å². The second-order valence-electron chi connectivity index (χ2n) is 4.32. The zero-order valence-corrected chi connectivity index (χ0v) is 9.39. The predicted octanol–water partition coefficient (Wildman–Crippen LogP) is -0.0787. The maximum Gasteiger partial charge on any atom is 0.321 e. The number of rotatable bonds is 2. The number of amides is 1. The lowest BCUT2D eigenvalue weighted by Crippen LogP contribution is -2.40. The van der Waals surface area contributed by atoms with E-state index in [1.807, 2.05) is 0 Å². The molecule has 3 atom stereocenters. The molecule has 90 valence electrons. The Kier molecular flexibility index (Phi) is 3.14. The highest BCUT2D eigenvalue weighted by Gasteiger charge is 2.51. The number of fused-ring (bicyclic) bond motifs is 1. The van der Waals surface area contributed by atoms with Gasteiger partial charge in [0.2, 0.25) is 5.91 Å². The van der Waals surface area contributed by atoms with Crippen LogP contribution in [0.1, 0.15) is 26.2 Å². The Morgan fingerprint density at radius 1 is 1.56 bits per heavy atom.